The van der Waals surface area contributed by atoms with E-state index in [4.69, 9.17) is 11.6 Å². The lowest BCUT2D eigenvalue weighted by Crippen LogP contribution is -2.34. The summed E-state index contributed by atoms with van der Waals surface area (Å²) in [5, 5.41) is 3.45. The van der Waals surface area contributed by atoms with Crippen molar-refractivity contribution in [2.45, 2.75) is 18.9 Å². The lowest BCUT2D eigenvalue weighted by atomic mass is 10.0. The molecule has 1 saturated heterocycles. The van der Waals surface area contributed by atoms with E-state index in [1.807, 2.05) is 0 Å². The number of carbonyl (C=O) groups excluding carboxylic acids is 1. The molecular weight excluding hydrogens is 303 g/mol. The van der Waals surface area contributed by atoms with Gasteiger partial charge < -0.3 is 10.2 Å². The van der Waals surface area contributed by atoms with Gasteiger partial charge in [-0.1, -0.05) is 29.8 Å². The standard InChI is InChI=1S/C17H16ClFN2O/c18-12-7-9-13(10-8-12)20-17(22)21-11-3-6-16(21)14-4-1-2-5-15(14)19/h1-2,4-5,7-10,16H,3,6,11H2,(H,20,22)/t16-/m0/s1. The summed E-state index contributed by atoms with van der Waals surface area (Å²) in [6.07, 6.45) is 1.64. The van der Waals surface area contributed by atoms with Gasteiger partial charge >= 0.3 is 6.03 Å². The Labute approximate surface area is 133 Å². The average molecular weight is 319 g/mol. The van der Waals surface area contributed by atoms with Gasteiger partial charge in [0.15, 0.2) is 0 Å². The first-order chi connectivity index (χ1) is 10.6. The maximum Gasteiger partial charge on any atom is 0.322 e. The molecule has 2 aromatic carbocycles. The van der Waals surface area contributed by atoms with Gasteiger partial charge in [0.05, 0.1) is 6.04 Å². The molecular formula is C17H16ClFN2O. The number of nitrogens with zero attached hydrogens (tertiary/aromatic N) is 1. The highest BCUT2D eigenvalue weighted by molar-refractivity contribution is 6.30. The Bertz CT molecular complexity index is 675. The van der Waals surface area contributed by atoms with Crippen LogP contribution in [0.1, 0.15) is 24.4 Å². The molecule has 22 heavy (non-hydrogen) atoms. The number of benzene rings is 2. The van der Waals surface area contributed by atoms with Crippen molar-refractivity contribution < 1.29 is 9.18 Å². The highest BCUT2D eigenvalue weighted by Crippen LogP contribution is 2.33. The van der Waals surface area contributed by atoms with Crippen molar-refractivity contribution in [1.82, 2.24) is 4.90 Å². The molecule has 3 rings (SSSR count). The molecule has 0 aliphatic carbocycles. The van der Waals surface area contributed by atoms with Crippen LogP contribution in [0.2, 0.25) is 5.02 Å². The summed E-state index contributed by atoms with van der Waals surface area (Å²) in [5.41, 5.74) is 1.25. The molecule has 0 saturated carbocycles. The molecule has 1 aliphatic rings. The van der Waals surface area contributed by atoms with Crippen LogP contribution in [0.5, 0.6) is 0 Å². The summed E-state index contributed by atoms with van der Waals surface area (Å²) in [6, 6.07) is 13.1. The summed E-state index contributed by atoms with van der Waals surface area (Å²) in [6.45, 7) is 0.623. The topological polar surface area (TPSA) is 32.3 Å². The molecule has 0 unspecified atom stereocenters. The molecule has 2 amide bonds. The number of hydrogen-bond acceptors (Lipinski definition) is 1. The predicted molar refractivity (Wildman–Crippen MR) is 85.6 cm³/mol. The Morgan fingerprint density at radius 3 is 2.64 bits per heavy atom. The minimum atomic E-state index is -0.265. The van der Waals surface area contributed by atoms with Gasteiger partial charge in [0.25, 0.3) is 0 Å². The summed E-state index contributed by atoms with van der Waals surface area (Å²) < 4.78 is 14.0. The summed E-state index contributed by atoms with van der Waals surface area (Å²) in [7, 11) is 0. The SMILES string of the molecule is O=C(Nc1ccc(Cl)cc1)N1CCC[C@H]1c1ccccc1F. The number of likely N-dealkylation sites (tertiary alicyclic amines) is 1. The van der Waals surface area contributed by atoms with E-state index in [0.717, 1.165) is 12.8 Å². The second-order valence-corrected chi connectivity index (χ2v) is 5.75. The lowest BCUT2D eigenvalue weighted by Gasteiger charge is -2.25. The lowest BCUT2D eigenvalue weighted by molar-refractivity contribution is 0.206. The molecule has 0 radical (unpaired) electrons. The van der Waals surface area contributed by atoms with Crippen LogP contribution in [0.3, 0.4) is 0 Å². The first kappa shape index (κ1) is 14.9. The highest BCUT2D eigenvalue weighted by Gasteiger charge is 2.31. The molecule has 0 bridgehead atoms. The second-order valence-electron chi connectivity index (χ2n) is 5.31. The largest absolute Gasteiger partial charge is 0.322 e. The van der Waals surface area contributed by atoms with Crippen molar-refractivity contribution in [3.63, 3.8) is 0 Å². The van der Waals surface area contributed by atoms with Crippen LogP contribution < -0.4 is 5.32 Å². The molecule has 1 aliphatic heterocycles. The van der Waals surface area contributed by atoms with Crippen LogP contribution in [-0.4, -0.2) is 17.5 Å². The Morgan fingerprint density at radius 1 is 1.18 bits per heavy atom. The maximum absolute atomic E-state index is 14.0. The van der Waals surface area contributed by atoms with Gasteiger partial charge in [-0.2, -0.15) is 0 Å². The smallest absolute Gasteiger partial charge is 0.317 e. The van der Waals surface area contributed by atoms with Crippen LogP contribution in [0, 0.1) is 5.82 Å². The predicted octanol–water partition coefficient (Wildman–Crippen LogP) is 4.85. The van der Waals surface area contributed by atoms with E-state index in [1.54, 1.807) is 47.4 Å². The van der Waals surface area contributed by atoms with Gasteiger partial charge in [0.1, 0.15) is 5.82 Å². The van der Waals surface area contributed by atoms with Gasteiger partial charge in [-0.3, -0.25) is 0 Å². The van der Waals surface area contributed by atoms with Crippen molar-refractivity contribution >= 4 is 23.3 Å². The molecule has 5 heteroatoms. The Hall–Kier alpha value is -2.07. The first-order valence-electron chi connectivity index (χ1n) is 7.23. The fraction of sp³-hybridized carbons (Fsp3) is 0.235. The Kier molecular flexibility index (Phi) is 4.29. The number of nitrogens with one attached hydrogen (secondary N) is 1. The van der Waals surface area contributed by atoms with Crippen molar-refractivity contribution in [3.05, 3.63) is 64.9 Å². The highest BCUT2D eigenvalue weighted by atomic mass is 35.5. The number of urea groups is 1. The molecule has 1 atom stereocenters. The van der Waals surface area contributed by atoms with Crippen molar-refractivity contribution in [2.75, 3.05) is 11.9 Å². The van der Waals surface area contributed by atoms with E-state index in [2.05, 4.69) is 5.32 Å². The molecule has 1 N–H and O–H groups in total. The average Bonchev–Trinajstić information content (AvgIpc) is 2.99. The first-order valence-corrected chi connectivity index (χ1v) is 7.60. The summed E-state index contributed by atoms with van der Waals surface area (Å²) in [5.74, 6) is -0.265. The van der Waals surface area contributed by atoms with Crippen molar-refractivity contribution in [2.24, 2.45) is 0 Å². The van der Waals surface area contributed by atoms with Gasteiger partial charge in [-0.15, -0.1) is 0 Å². The maximum atomic E-state index is 14.0. The zero-order valence-electron chi connectivity index (χ0n) is 11.9. The zero-order valence-corrected chi connectivity index (χ0v) is 12.7. The van der Waals surface area contributed by atoms with Crippen molar-refractivity contribution in [1.29, 1.82) is 0 Å². The van der Waals surface area contributed by atoms with Gasteiger partial charge in [-0.25, -0.2) is 9.18 Å². The van der Waals surface area contributed by atoms with E-state index in [1.165, 1.54) is 6.07 Å². The number of rotatable bonds is 2. The van der Waals surface area contributed by atoms with Gasteiger partial charge in [0, 0.05) is 22.8 Å². The van der Waals surface area contributed by atoms with E-state index in [9.17, 15) is 9.18 Å². The zero-order chi connectivity index (χ0) is 15.5. The molecule has 3 nitrogen and oxygen atoms in total. The fourth-order valence-electron chi connectivity index (χ4n) is 2.81. The molecule has 0 aromatic heterocycles. The van der Waals surface area contributed by atoms with E-state index in [-0.39, 0.29) is 17.9 Å². The molecule has 1 heterocycles. The normalized spacial score (nSPS) is 17.5. The number of hydrogen-bond donors (Lipinski definition) is 1. The van der Waals surface area contributed by atoms with Crippen LogP contribution in [-0.2, 0) is 0 Å². The molecule has 114 valence electrons. The second kappa shape index (κ2) is 6.36. The third-order valence-corrected chi connectivity index (χ3v) is 4.13. The molecule has 1 fully saturated rings. The summed E-state index contributed by atoms with van der Waals surface area (Å²) in [4.78, 5) is 14.1. The molecule has 2 aromatic rings. The Morgan fingerprint density at radius 2 is 1.91 bits per heavy atom. The quantitative estimate of drug-likeness (QED) is 0.843. The number of halogens is 2. The minimum Gasteiger partial charge on any atom is -0.317 e. The van der Waals surface area contributed by atoms with Gasteiger partial charge in [-0.05, 0) is 43.2 Å². The number of carbonyl (C=O) groups is 1. The number of anilines is 1. The number of amides is 2. The molecule has 0 spiro atoms. The third kappa shape index (κ3) is 3.07. The van der Waals surface area contributed by atoms with Crippen LogP contribution in [0.25, 0.3) is 0 Å². The monoisotopic (exact) mass is 318 g/mol. The van der Waals surface area contributed by atoms with Crippen LogP contribution >= 0.6 is 11.6 Å². The van der Waals surface area contributed by atoms with Crippen LogP contribution in [0.4, 0.5) is 14.9 Å². The van der Waals surface area contributed by atoms with Crippen molar-refractivity contribution in [3.8, 4) is 0 Å². The third-order valence-electron chi connectivity index (χ3n) is 3.87. The fourth-order valence-corrected chi connectivity index (χ4v) is 2.93. The van der Waals surface area contributed by atoms with E-state index in [0.29, 0.717) is 22.8 Å². The van der Waals surface area contributed by atoms with Crippen LogP contribution in [0.15, 0.2) is 48.5 Å². The van der Waals surface area contributed by atoms with E-state index < -0.39 is 0 Å². The summed E-state index contributed by atoms with van der Waals surface area (Å²) >= 11 is 5.83. The van der Waals surface area contributed by atoms with E-state index >= 15 is 0 Å². The Balaban J connectivity index is 1.76. The minimum absolute atomic E-state index is 0.214. The van der Waals surface area contributed by atoms with Gasteiger partial charge in [0.2, 0.25) is 0 Å².